The summed E-state index contributed by atoms with van der Waals surface area (Å²) >= 11 is 0. The molecule has 5 heteroatoms. The number of rotatable bonds is 4. The second kappa shape index (κ2) is 5.30. The van der Waals surface area contributed by atoms with Gasteiger partial charge in [-0.3, -0.25) is 4.68 Å². The number of benzene rings is 1. The number of halogens is 1. The van der Waals surface area contributed by atoms with E-state index in [1.807, 2.05) is 27.1 Å². The lowest BCUT2D eigenvalue weighted by Crippen LogP contribution is -2.08. The second-order valence-electron chi connectivity index (χ2n) is 4.55. The van der Waals surface area contributed by atoms with Crippen LogP contribution in [0.25, 0.3) is 0 Å². The van der Waals surface area contributed by atoms with Crippen LogP contribution in [0.4, 0.5) is 10.1 Å². The van der Waals surface area contributed by atoms with E-state index in [0.717, 1.165) is 16.9 Å². The molecule has 1 heterocycles. The number of ether oxygens (including phenoxy) is 1. The molecule has 0 saturated carbocycles. The number of methoxy groups -OCH3 is 1. The summed E-state index contributed by atoms with van der Waals surface area (Å²) in [5, 5.41) is 7.63. The van der Waals surface area contributed by atoms with Gasteiger partial charge in [0.1, 0.15) is 11.6 Å². The van der Waals surface area contributed by atoms with Crippen LogP contribution in [0, 0.1) is 12.7 Å². The van der Waals surface area contributed by atoms with Crippen molar-refractivity contribution in [1.29, 1.82) is 0 Å². The average molecular weight is 263 g/mol. The van der Waals surface area contributed by atoms with Gasteiger partial charge in [-0.05, 0) is 26.0 Å². The van der Waals surface area contributed by atoms with Crippen LogP contribution in [0.5, 0.6) is 5.75 Å². The monoisotopic (exact) mass is 263 g/mol. The van der Waals surface area contributed by atoms with E-state index in [1.54, 1.807) is 10.7 Å². The van der Waals surface area contributed by atoms with Gasteiger partial charge in [0.2, 0.25) is 0 Å². The zero-order valence-corrected chi connectivity index (χ0v) is 11.6. The Morgan fingerprint density at radius 1 is 1.42 bits per heavy atom. The maximum Gasteiger partial charge on any atom is 0.144 e. The van der Waals surface area contributed by atoms with E-state index < -0.39 is 0 Å². The summed E-state index contributed by atoms with van der Waals surface area (Å²) in [5.41, 5.74) is 2.84. The van der Waals surface area contributed by atoms with Gasteiger partial charge in [-0.1, -0.05) is 0 Å². The molecule has 0 saturated heterocycles. The topological polar surface area (TPSA) is 39.1 Å². The van der Waals surface area contributed by atoms with Gasteiger partial charge >= 0.3 is 0 Å². The Labute approximate surface area is 112 Å². The lowest BCUT2D eigenvalue weighted by Gasteiger charge is -2.17. The van der Waals surface area contributed by atoms with E-state index in [1.165, 1.54) is 19.2 Å². The summed E-state index contributed by atoms with van der Waals surface area (Å²) in [7, 11) is 3.42. The first-order valence-electron chi connectivity index (χ1n) is 6.11. The van der Waals surface area contributed by atoms with Crippen LogP contribution in [-0.2, 0) is 7.05 Å². The molecule has 0 bridgehead atoms. The van der Waals surface area contributed by atoms with Gasteiger partial charge in [-0.15, -0.1) is 0 Å². The zero-order chi connectivity index (χ0) is 14.0. The van der Waals surface area contributed by atoms with Gasteiger partial charge < -0.3 is 10.1 Å². The minimum atomic E-state index is -0.312. The third-order valence-electron chi connectivity index (χ3n) is 3.05. The molecular weight excluding hydrogens is 245 g/mol. The molecule has 0 amide bonds. The Morgan fingerprint density at radius 2 is 2.16 bits per heavy atom. The van der Waals surface area contributed by atoms with Crippen molar-refractivity contribution in [3.05, 3.63) is 41.5 Å². The number of nitrogens with one attached hydrogen (secondary N) is 1. The molecule has 102 valence electrons. The summed E-state index contributed by atoms with van der Waals surface area (Å²) in [6, 6.07) is 4.52. The van der Waals surface area contributed by atoms with Gasteiger partial charge in [0.25, 0.3) is 0 Å². The SMILES string of the molecule is COc1cc(F)ccc1NC(C)c1cn(C)nc1C. The molecule has 0 aliphatic carbocycles. The highest BCUT2D eigenvalue weighted by molar-refractivity contribution is 5.57. The highest BCUT2D eigenvalue weighted by Crippen LogP contribution is 2.29. The van der Waals surface area contributed by atoms with Crippen molar-refractivity contribution in [3.63, 3.8) is 0 Å². The Kier molecular flexibility index (Phi) is 3.74. The van der Waals surface area contributed by atoms with Crippen molar-refractivity contribution < 1.29 is 9.13 Å². The standard InChI is InChI=1S/C14H18FN3O/c1-9(12-8-18(3)17-10(12)2)16-13-6-5-11(15)7-14(13)19-4/h5-9,16H,1-4H3. The van der Waals surface area contributed by atoms with Crippen LogP contribution in [-0.4, -0.2) is 16.9 Å². The first-order chi connectivity index (χ1) is 9.01. The van der Waals surface area contributed by atoms with E-state index >= 15 is 0 Å². The molecule has 0 radical (unpaired) electrons. The number of aromatic nitrogens is 2. The predicted molar refractivity (Wildman–Crippen MR) is 72.9 cm³/mol. The van der Waals surface area contributed by atoms with Crippen molar-refractivity contribution in [2.45, 2.75) is 19.9 Å². The average Bonchev–Trinajstić information content (AvgIpc) is 2.70. The Bertz CT molecular complexity index is 580. The van der Waals surface area contributed by atoms with Crippen molar-refractivity contribution in [2.75, 3.05) is 12.4 Å². The van der Waals surface area contributed by atoms with E-state index in [0.29, 0.717) is 5.75 Å². The van der Waals surface area contributed by atoms with Crippen molar-refractivity contribution in [3.8, 4) is 5.75 Å². The number of anilines is 1. The van der Waals surface area contributed by atoms with Gasteiger partial charge in [-0.25, -0.2) is 4.39 Å². The molecule has 2 rings (SSSR count). The summed E-state index contributed by atoms with van der Waals surface area (Å²) in [6.45, 7) is 4.00. The van der Waals surface area contributed by atoms with Crippen LogP contribution in [0.1, 0.15) is 24.2 Å². The van der Waals surface area contributed by atoms with Crippen LogP contribution in [0.3, 0.4) is 0 Å². The highest BCUT2D eigenvalue weighted by Gasteiger charge is 2.13. The molecule has 0 fully saturated rings. The zero-order valence-electron chi connectivity index (χ0n) is 11.6. The first-order valence-corrected chi connectivity index (χ1v) is 6.11. The Balaban J connectivity index is 2.23. The van der Waals surface area contributed by atoms with Crippen molar-refractivity contribution >= 4 is 5.69 Å². The summed E-state index contributed by atoms with van der Waals surface area (Å²) in [5.74, 6) is 0.181. The number of aryl methyl sites for hydroxylation is 2. The molecule has 4 nitrogen and oxygen atoms in total. The number of nitrogens with zero attached hydrogens (tertiary/aromatic N) is 2. The molecule has 0 aliphatic rings. The molecule has 1 atom stereocenters. The largest absolute Gasteiger partial charge is 0.494 e. The van der Waals surface area contributed by atoms with Crippen LogP contribution in [0.2, 0.25) is 0 Å². The van der Waals surface area contributed by atoms with Crippen molar-refractivity contribution in [1.82, 2.24) is 9.78 Å². The maximum atomic E-state index is 13.1. The lowest BCUT2D eigenvalue weighted by atomic mass is 10.1. The van der Waals surface area contributed by atoms with E-state index in [9.17, 15) is 4.39 Å². The van der Waals surface area contributed by atoms with Gasteiger partial charge in [0, 0.05) is 24.9 Å². The Morgan fingerprint density at radius 3 is 2.74 bits per heavy atom. The fraction of sp³-hybridized carbons (Fsp3) is 0.357. The molecular formula is C14H18FN3O. The highest BCUT2D eigenvalue weighted by atomic mass is 19.1. The van der Waals surface area contributed by atoms with Crippen LogP contribution >= 0.6 is 0 Å². The molecule has 1 unspecified atom stereocenters. The summed E-state index contributed by atoms with van der Waals surface area (Å²) < 4.78 is 20.1. The lowest BCUT2D eigenvalue weighted by molar-refractivity contribution is 0.412. The molecule has 1 aromatic carbocycles. The van der Waals surface area contributed by atoms with Crippen LogP contribution < -0.4 is 10.1 Å². The molecule has 2 aromatic rings. The first kappa shape index (κ1) is 13.4. The predicted octanol–water partition coefficient (Wildman–Crippen LogP) is 3.05. The van der Waals surface area contributed by atoms with E-state index in [-0.39, 0.29) is 11.9 Å². The van der Waals surface area contributed by atoms with Crippen molar-refractivity contribution in [2.24, 2.45) is 7.05 Å². The summed E-state index contributed by atoms with van der Waals surface area (Å²) in [4.78, 5) is 0. The number of hydrogen-bond donors (Lipinski definition) is 1. The Hall–Kier alpha value is -2.04. The van der Waals surface area contributed by atoms with E-state index in [2.05, 4.69) is 10.4 Å². The number of hydrogen-bond acceptors (Lipinski definition) is 3. The van der Waals surface area contributed by atoms with E-state index in [4.69, 9.17) is 4.74 Å². The molecule has 1 N–H and O–H groups in total. The quantitative estimate of drug-likeness (QED) is 0.921. The van der Waals surface area contributed by atoms with Gasteiger partial charge in [-0.2, -0.15) is 5.10 Å². The smallest absolute Gasteiger partial charge is 0.144 e. The van der Waals surface area contributed by atoms with Gasteiger partial charge in [0.05, 0.1) is 24.5 Å². The normalized spacial score (nSPS) is 12.3. The minimum absolute atomic E-state index is 0.0630. The molecule has 1 aromatic heterocycles. The third-order valence-corrected chi connectivity index (χ3v) is 3.05. The second-order valence-corrected chi connectivity index (χ2v) is 4.55. The molecule has 0 aliphatic heterocycles. The van der Waals surface area contributed by atoms with Crippen LogP contribution in [0.15, 0.2) is 24.4 Å². The summed E-state index contributed by atoms with van der Waals surface area (Å²) in [6.07, 6.45) is 1.98. The van der Waals surface area contributed by atoms with Gasteiger partial charge in [0.15, 0.2) is 0 Å². The third kappa shape index (κ3) is 2.86. The minimum Gasteiger partial charge on any atom is -0.494 e. The molecule has 19 heavy (non-hydrogen) atoms. The molecule has 0 spiro atoms. The maximum absolute atomic E-state index is 13.1. The fourth-order valence-corrected chi connectivity index (χ4v) is 2.14. The fourth-order valence-electron chi connectivity index (χ4n) is 2.14.